The molecule has 10 nitrogen and oxygen atoms in total. The number of nitrogens with one attached hydrogen (secondary N) is 1. The Morgan fingerprint density at radius 3 is 2.54 bits per heavy atom. The first-order valence-corrected chi connectivity index (χ1v) is 14.6. The van der Waals surface area contributed by atoms with E-state index in [0.717, 1.165) is 40.6 Å². The SMILES string of the molecule is C[C@H](Nc1c(Cl)cnc2ccc(-c3cnc(C(C)(C)O)nc3)cc12)[C@H]1CCCN(S(=O)(=O)c2cnn(C)c2)C1. The molecular formula is C27H32ClN7O3S. The molecule has 4 aromatic rings. The van der Waals surface area contributed by atoms with E-state index in [2.05, 4.69) is 32.3 Å². The Kier molecular flexibility index (Phi) is 7.36. The quantitative estimate of drug-likeness (QED) is 0.339. The third-order valence-corrected chi connectivity index (χ3v) is 9.28. The Balaban J connectivity index is 1.40. The number of fused-ring (bicyclic) bond motifs is 1. The van der Waals surface area contributed by atoms with Gasteiger partial charge in [-0.05, 0) is 57.2 Å². The van der Waals surface area contributed by atoms with Crippen molar-refractivity contribution in [2.45, 2.75) is 50.2 Å². The second-order valence-corrected chi connectivity index (χ2v) is 13.0. The van der Waals surface area contributed by atoms with Gasteiger partial charge in [-0.15, -0.1) is 0 Å². The zero-order valence-corrected chi connectivity index (χ0v) is 23.9. The lowest BCUT2D eigenvalue weighted by Gasteiger charge is -2.35. The Labute approximate surface area is 233 Å². The van der Waals surface area contributed by atoms with Crippen LogP contribution in [-0.2, 0) is 22.7 Å². The van der Waals surface area contributed by atoms with E-state index in [1.54, 1.807) is 43.8 Å². The normalized spacial score (nSPS) is 17.8. The summed E-state index contributed by atoms with van der Waals surface area (Å²) < 4.78 is 29.5. The predicted octanol–water partition coefficient (Wildman–Crippen LogP) is 4.21. The third-order valence-electron chi connectivity index (χ3n) is 7.17. The minimum Gasteiger partial charge on any atom is -0.382 e. The van der Waals surface area contributed by atoms with Crippen LogP contribution in [0.2, 0.25) is 5.02 Å². The molecule has 1 aromatic carbocycles. The van der Waals surface area contributed by atoms with E-state index in [-0.39, 0.29) is 16.9 Å². The fourth-order valence-corrected chi connectivity index (χ4v) is 6.64. The summed E-state index contributed by atoms with van der Waals surface area (Å²) in [5.74, 6) is 0.426. The first-order valence-electron chi connectivity index (χ1n) is 12.8. The van der Waals surface area contributed by atoms with E-state index in [4.69, 9.17) is 11.6 Å². The molecule has 1 aliphatic rings. The van der Waals surface area contributed by atoms with E-state index >= 15 is 0 Å². The largest absolute Gasteiger partial charge is 0.382 e. The van der Waals surface area contributed by atoms with Crippen molar-refractivity contribution in [3.05, 3.63) is 60.0 Å². The summed E-state index contributed by atoms with van der Waals surface area (Å²) in [6.45, 7) is 6.23. The molecule has 0 amide bonds. The van der Waals surface area contributed by atoms with Crippen molar-refractivity contribution in [2.24, 2.45) is 13.0 Å². The van der Waals surface area contributed by atoms with E-state index in [9.17, 15) is 13.5 Å². The van der Waals surface area contributed by atoms with Gasteiger partial charge in [0, 0.05) is 61.9 Å². The zero-order valence-electron chi connectivity index (χ0n) is 22.3. The van der Waals surface area contributed by atoms with Gasteiger partial charge in [0.1, 0.15) is 10.5 Å². The standard InChI is InChI=1S/C27H32ClN7O3S/c1-17(19-6-5-9-35(15-19)39(37,38)21-13-32-34(4)16-21)33-25-22-10-18(7-8-24(22)29-14-23(25)28)20-11-30-26(31-12-20)27(2,3)36/h7-8,10-14,16-17,19,36H,5-6,9,15H2,1-4H3,(H,29,33)/t17-,19-/m0/s1. The summed E-state index contributed by atoms with van der Waals surface area (Å²) in [6.07, 6.45) is 9.59. The minimum absolute atomic E-state index is 0.0574. The molecule has 12 heteroatoms. The molecule has 0 aliphatic carbocycles. The number of benzene rings is 1. The number of piperidine rings is 1. The number of anilines is 1. The summed E-state index contributed by atoms with van der Waals surface area (Å²) in [7, 11) is -1.91. The Morgan fingerprint density at radius 1 is 1.13 bits per heavy atom. The van der Waals surface area contributed by atoms with Crippen molar-refractivity contribution < 1.29 is 13.5 Å². The lowest BCUT2D eigenvalue weighted by atomic mass is 9.92. The van der Waals surface area contributed by atoms with Crippen molar-refractivity contribution in [3.63, 3.8) is 0 Å². The van der Waals surface area contributed by atoms with Crippen molar-refractivity contribution in [1.82, 2.24) is 29.0 Å². The van der Waals surface area contributed by atoms with Gasteiger partial charge in [0.25, 0.3) is 0 Å². The lowest BCUT2D eigenvalue weighted by molar-refractivity contribution is 0.0687. The van der Waals surface area contributed by atoms with Crippen molar-refractivity contribution >= 4 is 38.2 Å². The maximum atomic E-state index is 13.2. The molecule has 0 saturated carbocycles. The minimum atomic E-state index is -3.61. The number of sulfonamides is 1. The highest BCUT2D eigenvalue weighted by molar-refractivity contribution is 7.89. The second-order valence-electron chi connectivity index (χ2n) is 10.6. The second kappa shape index (κ2) is 10.5. The monoisotopic (exact) mass is 569 g/mol. The number of pyridine rings is 1. The number of hydrogen-bond acceptors (Lipinski definition) is 8. The van der Waals surface area contributed by atoms with Crippen LogP contribution in [0.3, 0.4) is 0 Å². The van der Waals surface area contributed by atoms with Crippen LogP contribution in [0.5, 0.6) is 0 Å². The summed E-state index contributed by atoms with van der Waals surface area (Å²) in [5, 5.41) is 19.1. The van der Waals surface area contributed by atoms with E-state index in [1.165, 1.54) is 17.1 Å². The van der Waals surface area contributed by atoms with Crippen LogP contribution in [0.1, 0.15) is 39.4 Å². The average molecular weight is 570 g/mol. The summed E-state index contributed by atoms with van der Waals surface area (Å²) in [5.41, 5.74) is 2.08. The number of aliphatic hydroxyl groups is 1. The van der Waals surface area contributed by atoms with Gasteiger partial charge in [-0.2, -0.15) is 9.40 Å². The predicted molar refractivity (Wildman–Crippen MR) is 151 cm³/mol. The van der Waals surface area contributed by atoms with Crippen LogP contribution < -0.4 is 5.32 Å². The molecular weight excluding hydrogens is 538 g/mol. The molecule has 4 heterocycles. The lowest BCUT2D eigenvalue weighted by Crippen LogP contribution is -2.44. The molecule has 0 bridgehead atoms. The van der Waals surface area contributed by atoms with Crippen LogP contribution in [0.4, 0.5) is 5.69 Å². The van der Waals surface area contributed by atoms with E-state index in [1.807, 2.05) is 18.2 Å². The molecule has 39 heavy (non-hydrogen) atoms. The van der Waals surface area contributed by atoms with Crippen molar-refractivity contribution in [2.75, 3.05) is 18.4 Å². The van der Waals surface area contributed by atoms with Crippen LogP contribution in [0.25, 0.3) is 22.0 Å². The summed E-state index contributed by atoms with van der Waals surface area (Å²) in [4.78, 5) is 13.4. The Morgan fingerprint density at radius 2 is 1.87 bits per heavy atom. The molecule has 2 atom stereocenters. The van der Waals surface area contributed by atoms with Gasteiger partial charge in [-0.3, -0.25) is 9.67 Å². The summed E-state index contributed by atoms with van der Waals surface area (Å²) in [6, 6.07) is 5.80. The zero-order chi connectivity index (χ0) is 27.9. The Bertz CT molecular complexity index is 1600. The average Bonchev–Trinajstić information content (AvgIpc) is 3.37. The molecule has 0 spiro atoms. The van der Waals surface area contributed by atoms with Gasteiger partial charge in [-0.1, -0.05) is 17.7 Å². The molecule has 0 radical (unpaired) electrons. The van der Waals surface area contributed by atoms with Gasteiger partial charge < -0.3 is 10.4 Å². The maximum Gasteiger partial charge on any atom is 0.246 e. The van der Waals surface area contributed by atoms with Crippen molar-refractivity contribution in [1.29, 1.82) is 0 Å². The molecule has 1 saturated heterocycles. The van der Waals surface area contributed by atoms with E-state index < -0.39 is 15.6 Å². The van der Waals surface area contributed by atoms with Crippen LogP contribution in [0.15, 0.2) is 54.1 Å². The third kappa shape index (κ3) is 5.62. The molecule has 206 valence electrons. The van der Waals surface area contributed by atoms with Gasteiger partial charge in [0.15, 0.2) is 5.82 Å². The molecule has 5 rings (SSSR count). The van der Waals surface area contributed by atoms with Gasteiger partial charge >= 0.3 is 0 Å². The smallest absolute Gasteiger partial charge is 0.246 e. The first-order chi connectivity index (χ1) is 18.4. The number of rotatable bonds is 7. The number of halogens is 1. The number of hydrogen-bond donors (Lipinski definition) is 2. The van der Waals surface area contributed by atoms with Gasteiger partial charge in [0.05, 0.1) is 22.4 Å². The highest BCUT2D eigenvalue weighted by atomic mass is 35.5. The fourth-order valence-electron chi connectivity index (χ4n) is 4.91. The Hall–Kier alpha value is -3.12. The highest BCUT2D eigenvalue weighted by Crippen LogP contribution is 2.35. The molecule has 3 aromatic heterocycles. The van der Waals surface area contributed by atoms with Gasteiger partial charge in [0.2, 0.25) is 10.0 Å². The molecule has 1 aliphatic heterocycles. The van der Waals surface area contributed by atoms with E-state index in [0.29, 0.717) is 23.9 Å². The molecule has 1 fully saturated rings. The number of aromatic nitrogens is 5. The number of aryl methyl sites for hydroxylation is 1. The first kappa shape index (κ1) is 27.4. The van der Waals surface area contributed by atoms with Gasteiger partial charge in [-0.25, -0.2) is 18.4 Å². The van der Waals surface area contributed by atoms with Crippen LogP contribution >= 0.6 is 11.6 Å². The molecule has 2 N–H and O–H groups in total. The molecule has 0 unspecified atom stereocenters. The van der Waals surface area contributed by atoms with Crippen LogP contribution in [-0.4, -0.2) is 61.7 Å². The topological polar surface area (TPSA) is 126 Å². The fraction of sp³-hybridized carbons (Fsp3) is 0.407. The number of nitrogens with zero attached hydrogens (tertiary/aromatic N) is 6. The van der Waals surface area contributed by atoms with Crippen LogP contribution in [0, 0.1) is 5.92 Å². The summed E-state index contributed by atoms with van der Waals surface area (Å²) >= 11 is 6.65. The van der Waals surface area contributed by atoms with Crippen molar-refractivity contribution in [3.8, 4) is 11.1 Å². The highest BCUT2D eigenvalue weighted by Gasteiger charge is 2.33. The maximum absolute atomic E-state index is 13.2.